The van der Waals surface area contributed by atoms with E-state index in [1.54, 1.807) is 16.9 Å². The average Bonchev–Trinajstić information content (AvgIpc) is 3.48. The molecule has 1 saturated carbocycles. The molecule has 0 amide bonds. The third kappa shape index (κ3) is 6.15. The first kappa shape index (κ1) is 27.8. The number of nitrogens with zero attached hydrogens (tertiary/aromatic N) is 6. The number of aliphatic hydroxyl groups is 1. The smallest absolute Gasteiger partial charge is 0.251 e. The minimum absolute atomic E-state index is 0.194. The number of aryl methyl sites for hydroxylation is 1. The number of rotatable bonds is 8. The number of benzene rings is 1. The highest BCUT2D eigenvalue weighted by atomic mass is 32.2. The number of nitrogens with one attached hydrogen (secondary N) is 1. The number of piperidine rings is 2. The molecule has 3 fully saturated rings. The molecule has 3 aromatic rings. The van der Waals surface area contributed by atoms with Gasteiger partial charge < -0.3 is 14.9 Å². The lowest BCUT2D eigenvalue weighted by Gasteiger charge is -2.35. The van der Waals surface area contributed by atoms with Crippen molar-refractivity contribution in [1.29, 1.82) is 0 Å². The number of aliphatic hydroxyl groups excluding tert-OH is 1. The zero-order valence-electron chi connectivity index (χ0n) is 23.1. The van der Waals surface area contributed by atoms with Gasteiger partial charge in [-0.1, -0.05) is 5.21 Å². The van der Waals surface area contributed by atoms with Gasteiger partial charge in [0.25, 0.3) is 5.92 Å². The molecule has 1 spiro atoms. The van der Waals surface area contributed by atoms with Crippen LogP contribution in [0.15, 0.2) is 36.5 Å². The summed E-state index contributed by atoms with van der Waals surface area (Å²) in [4.78, 5) is 8.90. The normalized spacial score (nSPS) is 19.9. The Hall–Kier alpha value is -3.32. The average molecular weight is 588 g/mol. The van der Waals surface area contributed by atoms with Crippen molar-refractivity contribution in [3.63, 3.8) is 0 Å². The van der Waals surface area contributed by atoms with E-state index in [0.29, 0.717) is 28.3 Å². The lowest BCUT2D eigenvalue weighted by molar-refractivity contribution is -0.0221. The van der Waals surface area contributed by atoms with Crippen molar-refractivity contribution in [1.82, 2.24) is 20.0 Å². The van der Waals surface area contributed by atoms with Gasteiger partial charge in [-0.05, 0) is 73.9 Å². The van der Waals surface area contributed by atoms with Gasteiger partial charge >= 0.3 is 0 Å². The summed E-state index contributed by atoms with van der Waals surface area (Å²) in [5, 5.41) is 17.9. The number of hydrogen-bond acceptors (Lipinski definition) is 8. The minimum Gasteiger partial charge on any atom is -0.395 e. The van der Waals surface area contributed by atoms with Gasteiger partial charge in [0.1, 0.15) is 11.5 Å². The van der Waals surface area contributed by atoms with Crippen LogP contribution in [0.25, 0.3) is 17.1 Å². The van der Waals surface area contributed by atoms with E-state index in [1.165, 1.54) is 12.8 Å². The van der Waals surface area contributed by atoms with Crippen LogP contribution in [-0.2, 0) is 10.0 Å². The third-order valence-corrected chi connectivity index (χ3v) is 9.78. The van der Waals surface area contributed by atoms with E-state index in [2.05, 4.69) is 19.9 Å². The van der Waals surface area contributed by atoms with E-state index in [-0.39, 0.29) is 31.7 Å². The number of anilines is 3. The summed E-state index contributed by atoms with van der Waals surface area (Å²) >= 11 is 0. The van der Waals surface area contributed by atoms with Gasteiger partial charge in [-0.25, -0.2) is 26.9 Å². The van der Waals surface area contributed by atoms with Gasteiger partial charge in [0.15, 0.2) is 0 Å². The fourth-order valence-electron chi connectivity index (χ4n) is 5.79. The molecule has 1 aliphatic carbocycles. The van der Waals surface area contributed by atoms with Crippen LogP contribution in [0, 0.1) is 12.3 Å². The Morgan fingerprint density at radius 1 is 0.927 bits per heavy atom. The van der Waals surface area contributed by atoms with E-state index < -0.39 is 22.6 Å². The molecule has 4 heterocycles. The standard InChI is InChI=1S/C28H35F2N7O3S/c1-20-16-22(31-26(17-20)36-12-8-28(29,30)9-13-36)23-19-37(34-32-23)24-3-2-21(33-41(39,40)15-14-38)18-25(24)35-10-6-27(4-5-27)7-11-35/h2-3,16-19,33,38H,4-15H2,1H3. The Kier molecular flexibility index (Phi) is 7.13. The van der Waals surface area contributed by atoms with Gasteiger partial charge in [-0.3, -0.25) is 4.72 Å². The number of aromatic nitrogens is 4. The van der Waals surface area contributed by atoms with Gasteiger partial charge in [0.05, 0.1) is 41.3 Å². The van der Waals surface area contributed by atoms with Crippen molar-refractivity contribution >= 4 is 27.2 Å². The van der Waals surface area contributed by atoms with Crippen LogP contribution in [-0.4, -0.2) is 78.0 Å². The summed E-state index contributed by atoms with van der Waals surface area (Å²) in [6.45, 7) is 3.68. The Morgan fingerprint density at radius 2 is 1.63 bits per heavy atom. The van der Waals surface area contributed by atoms with Crippen LogP contribution in [0.3, 0.4) is 0 Å². The molecule has 0 atom stereocenters. The van der Waals surface area contributed by atoms with Crippen molar-refractivity contribution in [2.24, 2.45) is 5.41 Å². The Bertz CT molecular complexity index is 1520. The van der Waals surface area contributed by atoms with E-state index in [1.807, 2.05) is 36.1 Å². The van der Waals surface area contributed by atoms with Crippen LogP contribution >= 0.6 is 0 Å². The first-order valence-electron chi connectivity index (χ1n) is 14.1. The maximum absolute atomic E-state index is 13.7. The number of pyridine rings is 1. The summed E-state index contributed by atoms with van der Waals surface area (Å²) in [5.41, 5.74) is 4.58. The molecule has 0 radical (unpaired) electrons. The second-order valence-electron chi connectivity index (χ2n) is 11.6. The highest BCUT2D eigenvalue weighted by Gasteiger charge is 2.44. The quantitative estimate of drug-likeness (QED) is 0.407. The Balaban J connectivity index is 1.30. The first-order valence-corrected chi connectivity index (χ1v) is 15.7. The highest BCUT2D eigenvalue weighted by molar-refractivity contribution is 7.92. The number of halogens is 2. The second kappa shape index (κ2) is 10.5. The summed E-state index contributed by atoms with van der Waals surface area (Å²) in [5.74, 6) is -2.37. The minimum atomic E-state index is -3.68. The maximum Gasteiger partial charge on any atom is 0.251 e. The Labute approximate surface area is 238 Å². The summed E-state index contributed by atoms with van der Waals surface area (Å²) < 4.78 is 56.3. The van der Waals surface area contributed by atoms with Crippen LogP contribution < -0.4 is 14.5 Å². The van der Waals surface area contributed by atoms with Crippen molar-refractivity contribution in [2.45, 2.75) is 51.4 Å². The van der Waals surface area contributed by atoms with E-state index >= 15 is 0 Å². The van der Waals surface area contributed by atoms with Gasteiger partial charge in [-0.15, -0.1) is 5.10 Å². The van der Waals surface area contributed by atoms with Gasteiger partial charge in [-0.2, -0.15) is 0 Å². The zero-order valence-corrected chi connectivity index (χ0v) is 23.9. The number of sulfonamides is 1. The largest absolute Gasteiger partial charge is 0.395 e. The molecular formula is C28H35F2N7O3S. The number of alkyl halides is 2. The van der Waals surface area contributed by atoms with Crippen LogP contribution in [0.2, 0.25) is 0 Å². The second-order valence-corrected chi connectivity index (χ2v) is 13.5. The molecule has 10 nitrogen and oxygen atoms in total. The molecule has 0 bridgehead atoms. The van der Waals surface area contributed by atoms with Crippen LogP contribution in [0.1, 0.15) is 44.1 Å². The van der Waals surface area contributed by atoms with Crippen molar-refractivity contribution in [3.05, 3.63) is 42.1 Å². The van der Waals surface area contributed by atoms with Crippen molar-refractivity contribution in [3.8, 4) is 17.1 Å². The molecule has 1 aromatic carbocycles. The Morgan fingerprint density at radius 3 is 2.32 bits per heavy atom. The van der Waals surface area contributed by atoms with Crippen LogP contribution in [0.5, 0.6) is 0 Å². The molecule has 3 aliphatic rings. The molecule has 0 unspecified atom stereocenters. The zero-order chi connectivity index (χ0) is 28.8. The monoisotopic (exact) mass is 587 g/mol. The fraction of sp³-hybridized carbons (Fsp3) is 0.536. The molecule has 2 aliphatic heterocycles. The predicted molar refractivity (Wildman–Crippen MR) is 153 cm³/mol. The lowest BCUT2D eigenvalue weighted by atomic mass is 9.93. The molecule has 6 rings (SSSR count). The van der Waals surface area contributed by atoms with Crippen LogP contribution in [0.4, 0.5) is 26.0 Å². The summed E-state index contributed by atoms with van der Waals surface area (Å²) in [6, 6.07) is 9.10. The lowest BCUT2D eigenvalue weighted by Crippen LogP contribution is -2.39. The van der Waals surface area contributed by atoms with Gasteiger partial charge in [0.2, 0.25) is 10.0 Å². The van der Waals surface area contributed by atoms with Crippen molar-refractivity contribution < 1.29 is 22.3 Å². The SMILES string of the molecule is Cc1cc(-c2cn(-c3ccc(NS(=O)(=O)CCO)cc3N3CCC4(CC3)CC4)nn2)nc(N2CCC(F)(F)CC2)c1. The topological polar surface area (TPSA) is 116 Å². The first-order chi connectivity index (χ1) is 19.5. The maximum atomic E-state index is 13.7. The molecule has 2 N–H and O–H groups in total. The summed E-state index contributed by atoms with van der Waals surface area (Å²) in [6.07, 6.45) is 6.12. The third-order valence-electron chi connectivity index (χ3n) is 8.51. The van der Waals surface area contributed by atoms with E-state index in [4.69, 9.17) is 10.1 Å². The van der Waals surface area contributed by atoms with E-state index in [9.17, 15) is 17.2 Å². The molecule has 220 valence electrons. The van der Waals surface area contributed by atoms with Crippen molar-refractivity contribution in [2.75, 3.05) is 53.1 Å². The number of hydrogen-bond donors (Lipinski definition) is 2. The summed E-state index contributed by atoms with van der Waals surface area (Å²) in [7, 11) is -3.68. The molecule has 2 saturated heterocycles. The van der Waals surface area contributed by atoms with Gasteiger partial charge in [0, 0.05) is 39.0 Å². The molecule has 13 heteroatoms. The fourth-order valence-corrected chi connectivity index (χ4v) is 6.62. The highest BCUT2D eigenvalue weighted by Crippen LogP contribution is 2.54. The predicted octanol–water partition coefficient (Wildman–Crippen LogP) is 3.99. The molecular weight excluding hydrogens is 552 g/mol. The molecule has 41 heavy (non-hydrogen) atoms. The molecule has 2 aromatic heterocycles. The van der Waals surface area contributed by atoms with E-state index in [0.717, 1.165) is 42.9 Å².